The largest absolute Gasteiger partial charge is 0.372 e. The van der Waals surface area contributed by atoms with Crippen LogP contribution in [0, 0.1) is 0 Å². The molecule has 0 bridgehead atoms. The van der Waals surface area contributed by atoms with Crippen molar-refractivity contribution in [1.82, 2.24) is 9.55 Å². The van der Waals surface area contributed by atoms with Gasteiger partial charge in [-0.05, 0) is 48.6 Å². The molecule has 4 rings (SSSR count). The molecular formula is C19H16ClF2N3O. The predicted octanol–water partition coefficient (Wildman–Crippen LogP) is 4.90. The van der Waals surface area contributed by atoms with Gasteiger partial charge in [-0.15, -0.1) is 0 Å². The quantitative estimate of drug-likeness (QED) is 0.705. The number of benzene rings is 2. The molecule has 1 aromatic heterocycles. The summed E-state index contributed by atoms with van der Waals surface area (Å²) in [7, 11) is 1.61. The molecule has 1 aliphatic rings. The van der Waals surface area contributed by atoms with Crippen molar-refractivity contribution in [3.63, 3.8) is 0 Å². The summed E-state index contributed by atoms with van der Waals surface area (Å²) in [5.74, 6) is 0.391. The fourth-order valence-electron chi connectivity index (χ4n) is 3.30. The van der Waals surface area contributed by atoms with Crippen LogP contribution in [0.3, 0.4) is 0 Å². The summed E-state index contributed by atoms with van der Waals surface area (Å²) in [6, 6.07) is 10.1. The molecule has 0 saturated heterocycles. The molecule has 0 radical (unpaired) electrons. The molecule has 1 N–H and O–H groups in total. The van der Waals surface area contributed by atoms with Crippen molar-refractivity contribution in [3.05, 3.63) is 63.0 Å². The van der Waals surface area contributed by atoms with Gasteiger partial charge in [0.15, 0.2) is 0 Å². The Morgan fingerprint density at radius 2 is 2.00 bits per heavy atom. The summed E-state index contributed by atoms with van der Waals surface area (Å²) in [5.41, 5.74) is 1.09. The number of para-hydroxylation sites is 1. The van der Waals surface area contributed by atoms with E-state index in [-0.39, 0.29) is 17.3 Å². The molecule has 1 saturated carbocycles. The first-order valence-corrected chi connectivity index (χ1v) is 8.70. The lowest BCUT2D eigenvalue weighted by Crippen LogP contribution is -2.23. The van der Waals surface area contributed by atoms with Crippen LogP contribution in [0.5, 0.6) is 0 Å². The monoisotopic (exact) mass is 375 g/mol. The zero-order chi connectivity index (χ0) is 18.4. The van der Waals surface area contributed by atoms with Gasteiger partial charge in [0, 0.05) is 18.0 Å². The summed E-state index contributed by atoms with van der Waals surface area (Å²) >= 11 is 6.28. The van der Waals surface area contributed by atoms with Gasteiger partial charge in [0.2, 0.25) is 0 Å². The van der Waals surface area contributed by atoms with E-state index >= 15 is 0 Å². The Hall–Kier alpha value is -2.47. The average molecular weight is 376 g/mol. The van der Waals surface area contributed by atoms with Crippen LogP contribution >= 0.6 is 11.6 Å². The van der Waals surface area contributed by atoms with Gasteiger partial charge in [-0.25, -0.2) is 13.6 Å². The van der Waals surface area contributed by atoms with Crippen LogP contribution in [0.1, 0.15) is 36.3 Å². The zero-order valence-corrected chi connectivity index (χ0v) is 14.7. The minimum Gasteiger partial charge on any atom is -0.372 e. The van der Waals surface area contributed by atoms with Crippen molar-refractivity contribution in [1.29, 1.82) is 0 Å². The third-order valence-corrected chi connectivity index (χ3v) is 5.00. The fraction of sp³-hybridized carbons (Fsp3) is 0.263. The van der Waals surface area contributed by atoms with Gasteiger partial charge >= 0.3 is 5.69 Å². The number of alkyl halides is 2. The maximum atomic E-state index is 13.6. The molecule has 134 valence electrons. The van der Waals surface area contributed by atoms with Gasteiger partial charge in [0.25, 0.3) is 6.43 Å². The third kappa shape index (κ3) is 2.74. The second-order valence-corrected chi connectivity index (χ2v) is 6.76. The van der Waals surface area contributed by atoms with Crippen molar-refractivity contribution in [2.45, 2.75) is 25.2 Å². The van der Waals surface area contributed by atoms with E-state index in [0.29, 0.717) is 27.2 Å². The van der Waals surface area contributed by atoms with Crippen LogP contribution in [0.4, 0.5) is 14.6 Å². The van der Waals surface area contributed by atoms with Gasteiger partial charge < -0.3 is 5.32 Å². The Labute approximate surface area is 153 Å². The summed E-state index contributed by atoms with van der Waals surface area (Å²) in [6.07, 6.45) is -0.822. The highest BCUT2D eigenvalue weighted by molar-refractivity contribution is 6.32. The Morgan fingerprint density at radius 1 is 1.27 bits per heavy atom. The smallest absolute Gasteiger partial charge is 0.354 e. The molecule has 1 fully saturated rings. The zero-order valence-electron chi connectivity index (χ0n) is 14.0. The molecule has 1 aliphatic carbocycles. The Bertz CT molecular complexity index is 1060. The van der Waals surface area contributed by atoms with Gasteiger partial charge in [0.05, 0.1) is 16.2 Å². The Kier molecular flexibility index (Phi) is 4.15. The van der Waals surface area contributed by atoms with E-state index in [0.717, 1.165) is 12.8 Å². The topological polar surface area (TPSA) is 46.9 Å². The second kappa shape index (κ2) is 6.36. The van der Waals surface area contributed by atoms with E-state index in [2.05, 4.69) is 10.3 Å². The molecule has 0 amide bonds. The molecule has 7 heteroatoms. The van der Waals surface area contributed by atoms with Crippen LogP contribution in [-0.2, 0) is 0 Å². The standard InChI is InChI=1S/C19H16ClF2N3O/c1-23-18-13-8-12(17(21)22)11(10-6-7-10)9-16(13)25(19(26)24-18)15-5-3-2-4-14(15)20/h2-5,8-10,17H,6-7H2,1H3,(H,23,24,26). The van der Waals surface area contributed by atoms with Gasteiger partial charge in [0.1, 0.15) is 5.82 Å². The molecular weight excluding hydrogens is 360 g/mol. The first kappa shape index (κ1) is 17.0. The predicted molar refractivity (Wildman–Crippen MR) is 98.8 cm³/mol. The lowest BCUT2D eigenvalue weighted by atomic mass is 10.00. The second-order valence-electron chi connectivity index (χ2n) is 6.35. The van der Waals surface area contributed by atoms with Crippen molar-refractivity contribution in [2.75, 3.05) is 12.4 Å². The number of aromatic nitrogens is 2. The third-order valence-electron chi connectivity index (χ3n) is 4.68. The van der Waals surface area contributed by atoms with Crippen molar-refractivity contribution >= 4 is 28.3 Å². The number of nitrogens with one attached hydrogen (secondary N) is 1. The molecule has 1 heterocycles. The average Bonchev–Trinajstić information content (AvgIpc) is 3.46. The molecule has 3 aromatic rings. The minimum absolute atomic E-state index is 0.00246. The Morgan fingerprint density at radius 3 is 2.62 bits per heavy atom. The number of rotatable bonds is 4. The van der Waals surface area contributed by atoms with Gasteiger partial charge in [-0.2, -0.15) is 4.98 Å². The van der Waals surface area contributed by atoms with E-state index in [1.54, 1.807) is 37.4 Å². The highest BCUT2D eigenvalue weighted by Gasteiger charge is 2.30. The van der Waals surface area contributed by atoms with Crippen LogP contribution in [0.2, 0.25) is 5.02 Å². The lowest BCUT2D eigenvalue weighted by Gasteiger charge is -2.17. The van der Waals surface area contributed by atoms with Crippen LogP contribution in [0.15, 0.2) is 41.2 Å². The van der Waals surface area contributed by atoms with E-state index < -0.39 is 12.1 Å². The van der Waals surface area contributed by atoms with Gasteiger partial charge in [-0.1, -0.05) is 23.7 Å². The van der Waals surface area contributed by atoms with Crippen LogP contribution in [-0.4, -0.2) is 16.6 Å². The number of hydrogen-bond donors (Lipinski definition) is 1. The molecule has 26 heavy (non-hydrogen) atoms. The molecule has 2 aromatic carbocycles. The van der Waals surface area contributed by atoms with Crippen LogP contribution < -0.4 is 11.0 Å². The minimum atomic E-state index is -2.58. The lowest BCUT2D eigenvalue weighted by molar-refractivity contribution is 0.150. The molecule has 0 unspecified atom stereocenters. The maximum Gasteiger partial charge on any atom is 0.354 e. The first-order chi connectivity index (χ1) is 12.5. The van der Waals surface area contributed by atoms with Crippen molar-refractivity contribution in [3.8, 4) is 5.69 Å². The van der Waals surface area contributed by atoms with E-state index in [1.165, 1.54) is 10.6 Å². The summed E-state index contributed by atoms with van der Waals surface area (Å²) in [5, 5.41) is 3.69. The number of hydrogen-bond acceptors (Lipinski definition) is 3. The maximum absolute atomic E-state index is 13.6. The number of anilines is 1. The molecule has 0 aliphatic heterocycles. The van der Waals surface area contributed by atoms with E-state index in [1.807, 2.05) is 0 Å². The highest BCUT2D eigenvalue weighted by Crippen LogP contribution is 2.45. The molecule has 0 spiro atoms. The van der Waals surface area contributed by atoms with Gasteiger partial charge in [-0.3, -0.25) is 4.57 Å². The summed E-state index contributed by atoms with van der Waals surface area (Å²) < 4.78 is 28.6. The SMILES string of the molecule is CNc1nc(=O)n(-c2ccccc2Cl)c2cc(C3CC3)c(C(F)F)cc12. The normalized spacial score (nSPS) is 14.2. The Balaban J connectivity index is 2.13. The number of nitrogens with zero attached hydrogens (tertiary/aromatic N) is 2. The summed E-state index contributed by atoms with van der Waals surface area (Å²) in [4.78, 5) is 16.7. The van der Waals surface area contributed by atoms with Crippen molar-refractivity contribution < 1.29 is 8.78 Å². The molecule has 4 nitrogen and oxygen atoms in total. The summed E-state index contributed by atoms with van der Waals surface area (Å²) in [6.45, 7) is 0. The first-order valence-electron chi connectivity index (χ1n) is 8.32. The number of halogens is 3. The molecule has 0 atom stereocenters. The van der Waals surface area contributed by atoms with E-state index in [4.69, 9.17) is 11.6 Å². The van der Waals surface area contributed by atoms with E-state index in [9.17, 15) is 13.6 Å². The number of fused-ring (bicyclic) bond motifs is 1. The fourth-order valence-corrected chi connectivity index (χ4v) is 3.52. The highest BCUT2D eigenvalue weighted by atomic mass is 35.5. The van der Waals surface area contributed by atoms with Crippen molar-refractivity contribution in [2.24, 2.45) is 0 Å². The van der Waals surface area contributed by atoms with Crippen LogP contribution in [0.25, 0.3) is 16.6 Å².